The number of Topliss-reactive ketones (excluding diaryl/α,β-unsaturated/α-hetero) is 8. The fourth-order valence-corrected chi connectivity index (χ4v) is 18.5. The zero-order chi connectivity index (χ0) is 88.7. The number of fused-ring (bicyclic) bond motifs is 5. The van der Waals surface area contributed by atoms with Crippen molar-refractivity contribution in [2.75, 3.05) is 39.3 Å². The molecule has 4 unspecified atom stereocenters. The van der Waals surface area contributed by atoms with Gasteiger partial charge in [-0.3, -0.25) is 57.5 Å². The number of halogens is 4. The summed E-state index contributed by atoms with van der Waals surface area (Å²) in [5.74, 6) is 1.21. The van der Waals surface area contributed by atoms with Crippen molar-refractivity contribution in [2.45, 2.75) is 143 Å². The molecule has 4 atom stereocenters. The molecule has 0 saturated carbocycles. The van der Waals surface area contributed by atoms with Gasteiger partial charge in [-0.2, -0.15) is 0 Å². The summed E-state index contributed by atoms with van der Waals surface area (Å²) in [6, 6.07) is 47.9. The maximum Gasteiger partial charge on any atom is 0.246 e. The van der Waals surface area contributed by atoms with Gasteiger partial charge in [-0.1, -0.05) is 156 Å². The Morgan fingerprint density at radius 3 is 1.20 bits per heavy atom. The first kappa shape index (κ1) is 92.3. The summed E-state index contributed by atoms with van der Waals surface area (Å²) < 4.78 is 11.4. The number of carbonyl (C=O) groups is 12. The average Bonchev–Trinajstić information content (AvgIpc) is 1.64. The molecule has 15 rings (SSSR count). The fraction of sp³-hybridized carbons (Fsp3) is 0.320. The van der Waals surface area contributed by atoms with E-state index in [4.69, 9.17) is 0 Å². The molecule has 0 spiro atoms. The van der Waals surface area contributed by atoms with Crippen molar-refractivity contribution < 1.29 is 57.5 Å². The molecule has 0 radical (unpaired) electrons. The van der Waals surface area contributed by atoms with Gasteiger partial charge in [-0.05, 0) is 177 Å². The van der Waals surface area contributed by atoms with Gasteiger partial charge in [0.05, 0.1) is 26.2 Å². The molecule has 4 fully saturated rings. The number of aryl methyl sites for hydroxylation is 2. The Morgan fingerprint density at radius 1 is 0.371 bits per heavy atom. The van der Waals surface area contributed by atoms with E-state index in [2.05, 4.69) is 90.0 Å². The van der Waals surface area contributed by atoms with Gasteiger partial charge < -0.3 is 37.9 Å². The molecule has 4 aliphatic heterocycles. The van der Waals surface area contributed by atoms with Crippen LogP contribution >= 0.6 is 63.7 Å². The van der Waals surface area contributed by atoms with Crippen LogP contribution < -0.4 is 0 Å². The Morgan fingerprint density at radius 2 is 0.766 bits per heavy atom. The van der Waals surface area contributed by atoms with Gasteiger partial charge in [0.15, 0.2) is 34.7 Å². The van der Waals surface area contributed by atoms with Crippen molar-refractivity contribution in [3.63, 3.8) is 0 Å². The van der Waals surface area contributed by atoms with E-state index < -0.39 is 0 Å². The van der Waals surface area contributed by atoms with Gasteiger partial charge in [-0.15, -0.1) is 0 Å². The van der Waals surface area contributed by atoms with E-state index in [0.29, 0.717) is 128 Å². The van der Waals surface area contributed by atoms with Crippen LogP contribution in [-0.2, 0) is 87.0 Å². The van der Waals surface area contributed by atoms with Crippen LogP contribution in [0.5, 0.6) is 0 Å². The highest BCUT2D eigenvalue weighted by Crippen LogP contribution is 2.35. The van der Waals surface area contributed by atoms with E-state index in [-0.39, 0.29) is 132 Å². The predicted molar refractivity (Wildman–Crippen MR) is 501 cm³/mol. The first-order valence-electron chi connectivity index (χ1n) is 41.9. The topological polar surface area (TPSA) is 238 Å². The highest BCUT2D eigenvalue weighted by Gasteiger charge is 2.40. The molecule has 8 heterocycles. The Balaban J connectivity index is 0.000000155. The second kappa shape index (κ2) is 42.2. The number of likely N-dealkylation sites (tertiary alicyclic amines) is 4. The molecular formula is C100H102Br4N8O12. The van der Waals surface area contributed by atoms with Crippen LogP contribution in [0.2, 0.25) is 0 Å². The first-order valence-corrected chi connectivity index (χ1v) is 45.1. The van der Waals surface area contributed by atoms with Crippen LogP contribution in [0.1, 0.15) is 121 Å². The zero-order valence-electron chi connectivity index (χ0n) is 70.3. The standard InChI is InChI=1S/C33H31BrN2O4.C31H33BrN2O4.2C18H19BrN2O2/c1-2-33(40)36-18-22(19-36)15-27(38)20-35-21-30(29-17-25(34)13-14-31(29)35)32(39)12-6-10-26(37)16-24-9-5-8-23-7-3-4-11-28(23)24;1-4-31(38)34-16-22(17-34)13-26(36)18-33-19-28(27-15-24(32)10-11-29(27)33)30(37)7-5-6-25(35)14-23-12-20(2)8-9-21(23)3;2*1-3-18(23)21-10-14(12(21)2)9-16(22)11-20-7-6-13-8-15(19)4-5-17(13)20/h2-5,7-9,11,13-14,17,21-22H,1,6,10,12,15-16,18-20H2;4,8-12,15,19,22H,1,5-7,13-14,16-18H2,2-3H3;2*3-8,12,14H,1,9-11H2,2H3. The number of rotatable bonds is 34. The number of benzene rings is 7. The molecule has 0 N–H and O–H groups in total. The number of carbonyl (C=O) groups excluding carboxylic acids is 12. The van der Waals surface area contributed by atoms with Crippen molar-refractivity contribution in [3.8, 4) is 0 Å². The summed E-state index contributed by atoms with van der Waals surface area (Å²) in [6.45, 7) is 26.7. The molecule has 4 saturated heterocycles. The molecule has 0 aliphatic carbocycles. The summed E-state index contributed by atoms with van der Waals surface area (Å²) in [5.41, 5.74) is 9.20. The predicted octanol–water partition coefficient (Wildman–Crippen LogP) is 18.9. The quantitative estimate of drug-likeness (QED) is 0.0270. The van der Waals surface area contributed by atoms with E-state index in [1.165, 1.54) is 24.3 Å². The van der Waals surface area contributed by atoms with E-state index in [0.717, 1.165) is 94.5 Å². The zero-order valence-corrected chi connectivity index (χ0v) is 76.7. The highest BCUT2D eigenvalue weighted by atomic mass is 79.9. The van der Waals surface area contributed by atoms with Gasteiger partial charge in [0.25, 0.3) is 0 Å². The second-order valence-electron chi connectivity index (χ2n) is 33.0. The van der Waals surface area contributed by atoms with Gasteiger partial charge in [0, 0.05) is 237 Å². The van der Waals surface area contributed by atoms with Crippen molar-refractivity contribution in [3.05, 3.63) is 272 Å². The Kier molecular flexibility index (Phi) is 31.4. The summed E-state index contributed by atoms with van der Waals surface area (Å²) in [7, 11) is 0. The van der Waals surface area contributed by atoms with Crippen molar-refractivity contribution in [2.24, 2.45) is 23.7 Å². The third-order valence-corrected chi connectivity index (χ3v) is 26.0. The van der Waals surface area contributed by atoms with Crippen LogP contribution in [0, 0.1) is 37.5 Å². The lowest BCUT2D eigenvalue weighted by Gasteiger charge is -2.45. The molecule has 4 amide bonds. The molecule has 7 aromatic carbocycles. The van der Waals surface area contributed by atoms with Crippen LogP contribution in [-0.4, -0.2) is 159 Å². The van der Waals surface area contributed by atoms with E-state index >= 15 is 0 Å². The van der Waals surface area contributed by atoms with E-state index in [9.17, 15) is 57.5 Å². The molecule has 24 heteroatoms. The normalized spacial score (nSPS) is 16.0. The molecule has 642 valence electrons. The number of hydrogen-bond acceptors (Lipinski definition) is 12. The number of amides is 4. The van der Waals surface area contributed by atoms with E-state index in [1.807, 2.05) is 204 Å². The minimum absolute atomic E-state index is 0.0311. The van der Waals surface area contributed by atoms with Gasteiger partial charge in [-0.25, -0.2) is 0 Å². The van der Waals surface area contributed by atoms with Gasteiger partial charge in [0.2, 0.25) is 23.6 Å². The molecule has 4 aromatic heterocycles. The third kappa shape index (κ3) is 23.2. The first-order chi connectivity index (χ1) is 59.4. The lowest BCUT2D eigenvalue weighted by Crippen LogP contribution is -2.57. The molecule has 11 aromatic rings. The molecule has 20 nitrogen and oxygen atoms in total. The lowest BCUT2D eigenvalue weighted by molar-refractivity contribution is -0.140. The summed E-state index contributed by atoms with van der Waals surface area (Å²) >= 11 is 13.9. The maximum atomic E-state index is 13.3. The minimum Gasteiger partial charge on any atom is -0.340 e. The monoisotopic (exact) mass is 1920 g/mol. The summed E-state index contributed by atoms with van der Waals surface area (Å²) in [6.07, 6.45) is 17.4. The van der Waals surface area contributed by atoms with Crippen LogP contribution in [0.15, 0.2) is 239 Å². The Hall–Kier alpha value is -10.9. The lowest BCUT2D eigenvalue weighted by atomic mass is 9.85. The van der Waals surface area contributed by atoms with Gasteiger partial charge >= 0.3 is 0 Å². The molecular weight excluding hydrogens is 1820 g/mol. The third-order valence-electron chi connectivity index (χ3n) is 24.0. The minimum atomic E-state index is -0.107. The number of ketones is 8. The number of hydrogen-bond donors (Lipinski definition) is 0. The van der Waals surface area contributed by atoms with E-state index in [1.54, 1.807) is 32.0 Å². The van der Waals surface area contributed by atoms with Crippen LogP contribution in [0.3, 0.4) is 0 Å². The largest absolute Gasteiger partial charge is 0.340 e. The number of aromatic nitrogens is 4. The van der Waals surface area contributed by atoms with Crippen molar-refractivity contribution >= 4 is 188 Å². The average molecular weight is 1930 g/mol. The van der Waals surface area contributed by atoms with Crippen LogP contribution in [0.4, 0.5) is 0 Å². The molecule has 4 aliphatic rings. The van der Waals surface area contributed by atoms with Crippen molar-refractivity contribution in [1.82, 2.24) is 37.9 Å². The van der Waals surface area contributed by atoms with Crippen LogP contribution in [0.25, 0.3) is 54.4 Å². The summed E-state index contributed by atoms with van der Waals surface area (Å²) in [4.78, 5) is 156. The van der Waals surface area contributed by atoms with Crippen molar-refractivity contribution in [1.29, 1.82) is 0 Å². The highest BCUT2D eigenvalue weighted by molar-refractivity contribution is 9.11. The molecule has 124 heavy (non-hydrogen) atoms. The SMILES string of the molecule is C=CC(=O)N1CC(CC(=O)Cn2cc(C(=O)CCCC(=O)Cc3cc(C)ccc3C)c3cc(Br)ccc32)C1.C=CC(=O)N1CC(CC(=O)Cn2cc(C(=O)CCCC(=O)Cc3cccc4ccccc34)c3cc(Br)ccc32)C1.C=CC(=O)N1CC(CC(=O)Cn2ccc3cc(Br)ccc32)C1C.C=CC(=O)N1CC(CC(=O)Cn2ccc3cc(Br)ccc32)C1C. The molecule has 0 bridgehead atoms. The maximum absolute atomic E-state index is 13.3. The summed E-state index contributed by atoms with van der Waals surface area (Å²) in [5, 5.41) is 6.02. The van der Waals surface area contributed by atoms with Gasteiger partial charge in [0.1, 0.15) is 11.6 Å². The fourth-order valence-electron chi connectivity index (χ4n) is 17.0. The Bertz CT molecular complexity index is 5880. The smallest absolute Gasteiger partial charge is 0.246 e. The second-order valence-corrected chi connectivity index (χ2v) is 36.7. The Labute approximate surface area is 755 Å². The number of nitrogens with zero attached hydrogens (tertiary/aromatic N) is 8.